The van der Waals surface area contributed by atoms with Gasteiger partial charge in [-0.15, -0.1) is 0 Å². The standard InChI is InChI=1S/C13H20ClN3O2S/c1-3-16-6-7-17(9-10(16)2)20(18,19)11-4-5-12(14)13(15)8-11/h4-5,8,10H,3,6-7,9,15H2,1-2H3. The van der Waals surface area contributed by atoms with Gasteiger partial charge in [0.25, 0.3) is 0 Å². The monoisotopic (exact) mass is 317 g/mol. The molecule has 2 rings (SSSR count). The van der Waals surface area contributed by atoms with Crippen molar-refractivity contribution in [2.45, 2.75) is 24.8 Å². The van der Waals surface area contributed by atoms with E-state index >= 15 is 0 Å². The van der Waals surface area contributed by atoms with Crippen molar-refractivity contribution in [3.63, 3.8) is 0 Å². The van der Waals surface area contributed by atoms with E-state index in [1.165, 1.54) is 22.5 Å². The molecule has 5 nitrogen and oxygen atoms in total. The van der Waals surface area contributed by atoms with Gasteiger partial charge >= 0.3 is 0 Å². The highest BCUT2D eigenvalue weighted by Crippen LogP contribution is 2.25. The van der Waals surface area contributed by atoms with Crippen LogP contribution in [0.3, 0.4) is 0 Å². The van der Waals surface area contributed by atoms with Crippen LogP contribution in [0.4, 0.5) is 5.69 Å². The van der Waals surface area contributed by atoms with Gasteiger partial charge in [0.1, 0.15) is 0 Å². The number of rotatable bonds is 3. The molecule has 1 aromatic carbocycles. The van der Waals surface area contributed by atoms with Gasteiger partial charge in [-0.3, -0.25) is 4.90 Å². The number of nitrogens with zero attached hydrogens (tertiary/aromatic N) is 2. The molecule has 0 aromatic heterocycles. The Balaban J connectivity index is 2.25. The van der Waals surface area contributed by atoms with Gasteiger partial charge in [-0.1, -0.05) is 18.5 Å². The summed E-state index contributed by atoms with van der Waals surface area (Å²) in [6, 6.07) is 4.67. The Labute approximate surface area is 125 Å². The van der Waals surface area contributed by atoms with E-state index in [0.29, 0.717) is 18.1 Å². The minimum absolute atomic E-state index is 0.205. The van der Waals surface area contributed by atoms with Gasteiger partial charge < -0.3 is 5.73 Å². The van der Waals surface area contributed by atoms with Gasteiger partial charge in [-0.2, -0.15) is 4.31 Å². The topological polar surface area (TPSA) is 66.6 Å². The van der Waals surface area contributed by atoms with Gasteiger partial charge in [0.2, 0.25) is 10.0 Å². The summed E-state index contributed by atoms with van der Waals surface area (Å²) in [6.07, 6.45) is 0. The van der Waals surface area contributed by atoms with Crippen molar-refractivity contribution < 1.29 is 8.42 Å². The van der Waals surface area contributed by atoms with Gasteiger partial charge in [-0.05, 0) is 31.7 Å². The zero-order valence-corrected chi connectivity index (χ0v) is 13.3. The number of hydrogen-bond donors (Lipinski definition) is 1. The smallest absolute Gasteiger partial charge is 0.243 e. The number of anilines is 1. The molecular weight excluding hydrogens is 298 g/mol. The molecule has 7 heteroatoms. The second-order valence-electron chi connectivity index (χ2n) is 5.02. The maximum absolute atomic E-state index is 12.6. The first kappa shape index (κ1) is 15.6. The largest absolute Gasteiger partial charge is 0.397 e. The number of benzene rings is 1. The fraction of sp³-hybridized carbons (Fsp3) is 0.538. The van der Waals surface area contributed by atoms with Crippen LogP contribution in [0.1, 0.15) is 13.8 Å². The normalized spacial score (nSPS) is 22.1. The fourth-order valence-corrected chi connectivity index (χ4v) is 4.15. The average Bonchev–Trinajstić information content (AvgIpc) is 2.41. The summed E-state index contributed by atoms with van der Waals surface area (Å²) in [6.45, 7) is 6.81. The number of nitrogens with two attached hydrogens (primary N) is 1. The molecule has 0 aliphatic carbocycles. The van der Waals surface area contributed by atoms with Crippen molar-refractivity contribution in [2.75, 3.05) is 31.9 Å². The Morgan fingerprint density at radius 3 is 2.65 bits per heavy atom. The van der Waals surface area contributed by atoms with Crippen LogP contribution in [0.15, 0.2) is 23.1 Å². The Kier molecular flexibility index (Phi) is 4.59. The first-order valence-corrected chi connectivity index (χ1v) is 8.47. The second-order valence-corrected chi connectivity index (χ2v) is 7.37. The molecular formula is C13H20ClN3O2S. The van der Waals surface area contributed by atoms with Crippen LogP contribution in [0.5, 0.6) is 0 Å². The van der Waals surface area contributed by atoms with E-state index in [-0.39, 0.29) is 16.6 Å². The summed E-state index contributed by atoms with van der Waals surface area (Å²) >= 11 is 5.84. The molecule has 112 valence electrons. The number of sulfonamides is 1. The van der Waals surface area contributed by atoms with E-state index < -0.39 is 10.0 Å². The Hall–Kier alpha value is -0.820. The van der Waals surface area contributed by atoms with Crippen molar-refractivity contribution in [2.24, 2.45) is 0 Å². The molecule has 2 N–H and O–H groups in total. The van der Waals surface area contributed by atoms with E-state index in [1.807, 2.05) is 6.92 Å². The summed E-state index contributed by atoms with van der Waals surface area (Å²) < 4.78 is 26.7. The molecule has 1 aliphatic rings. The molecule has 1 fully saturated rings. The summed E-state index contributed by atoms with van der Waals surface area (Å²) in [7, 11) is -3.50. The van der Waals surface area contributed by atoms with Crippen molar-refractivity contribution >= 4 is 27.3 Å². The average molecular weight is 318 g/mol. The van der Waals surface area contributed by atoms with Crippen LogP contribution in [0, 0.1) is 0 Å². The third-order valence-corrected chi connectivity index (χ3v) is 5.94. The van der Waals surface area contributed by atoms with Crippen molar-refractivity contribution in [3.05, 3.63) is 23.2 Å². The number of halogens is 1. The minimum atomic E-state index is -3.50. The number of hydrogen-bond acceptors (Lipinski definition) is 4. The lowest BCUT2D eigenvalue weighted by Gasteiger charge is -2.38. The molecule has 0 spiro atoms. The summed E-state index contributed by atoms with van der Waals surface area (Å²) in [5, 5.41) is 0.369. The van der Waals surface area contributed by atoms with E-state index in [2.05, 4.69) is 11.8 Å². The van der Waals surface area contributed by atoms with Crippen LogP contribution >= 0.6 is 11.6 Å². The maximum atomic E-state index is 12.6. The molecule has 1 heterocycles. The number of nitrogen functional groups attached to an aromatic ring is 1. The molecule has 0 amide bonds. The van der Waals surface area contributed by atoms with Gasteiger partial charge in [-0.25, -0.2) is 8.42 Å². The lowest BCUT2D eigenvalue weighted by molar-refractivity contribution is 0.135. The molecule has 1 aromatic rings. The zero-order chi connectivity index (χ0) is 14.9. The Morgan fingerprint density at radius 2 is 2.10 bits per heavy atom. The van der Waals surface area contributed by atoms with Crippen LogP contribution in [0.25, 0.3) is 0 Å². The first-order chi connectivity index (χ1) is 9.36. The number of piperazine rings is 1. The highest BCUT2D eigenvalue weighted by atomic mass is 35.5. The Bertz CT molecular complexity index is 591. The molecule has 1 aliphatic heterocycles. The van der Waals surface area contributed by atoms with E-state index in [9.17, 15) is 8.42 Å². The van der Waals surface area contributed by atoms with Crippen molar-refractivity contribution in [3.8, 4) is 0 Å². The zero-order valence-electron chi connectivity index (χ0n) is 11.7. The predicted octanol–water partition coefficient (Wildman–Crippen LogP) is 1.64. The van der Waals surface area contributed by atoms with Crippen LogP contribution < -0.4 is 5.73 Å². The molecule has 1 unspecified atom stereocenters. The highest BCUT2D eigenvalue weighted by molar-refractivity contribution is 7.89. The van der Waals surface area contributed by atoms with Gasteiger partial charge in [0.05, 0.1) is 15.6 Å². The molecule has 20 heavy (non-hydrogen) atoms. The van der Waals surface area contributed by atoms with E-state index in [1.54, 1.807) is 0 Å². The SMILES string of the molecule is CCN1CCN(S(=O)(=O)c2ccc(Cl)c(N)c2)CC1C. The van der Waals surface area contributed by atoms with Crippen LogP contribution in [0.2, 0.25) is 5.02 Å². The third-order valence-electron chi connectivity index (χ3n) is 3.74. The summed E-state index contributed by atoms with van der Waals surface area (Å²) in [5.74, 6) is 0. The lowest BCUT2D eigenvalue weighted by atomic mass is 10.2. The maximum Gasteiger partial charge on any atom is 0.243 e. The summed E-state index contributed by atoms with van der Waals surface area (Å²) in [4.78, 5) is 2.47. The Morgan fingerprint density at radius 1 is 1.40 bits per heavy atom. The predicted molar refractivity (Wildman–Crippen MR) is 81.3 cm³/mol. The minimum Gasteiger partial charge on any atom is -0.397 e. The molecule has 1 atom stereocenters. The van der Waals surface area contributed by atoms with Gasteiger partial charge in [0.15, 0.2) is 0 Å². The number of likely N-dealkylation sites (N-methyl/N-ethyl adjacent to an activating group) is 1. The summed E-state index contributed by atoms with van der Waals surface area (Å²) in [5.41, 5.74) is 5.98. The van der Waals surface area contributed by atoms with Crippen LogP contribution in [-0.2, 0) is 10.0 Å². The molecule has 1 saturated heterocycles. The van der Waals surface area contributed by atoms with Gasteiger partial charge in [0, 0.05) is 25.7 Å². The first-order valence-electron chi connectivity index (χ1n) is 6.65. The molecule has 0 saturated carbocycles. The van der Waals surface area contributed by atoms with E-state index in [4.69, 9.17) is 17.3 Å². The lowest BCUT2D eigenvalue weighted by Crippen LogP contribution is -2.53. The highest BCUT2D eigenvalue weighted by Gasteiger charge is 2.31. The van der Waals surface area contributed by atoms with Crippen molar-refractivity contribution in [1.82, 2.24) is 9.21 Å². The molecule has 0 bridgehead atoms. The fourth-order valence-electron chi connectivity index (χ4n) is 2.48. The van der Waals surface area contributed by atoms with Crippen molar-refractivity contribution in [1.29, 1.82) is 0 Å². The molecule has 0 radical (unpaired) electrons. The quantitative estimate of drug-likeness (QED) is 0.861. The third kappa shape index (κ3) is 2.93. The van der Waals surface area contributed by atoms with E-state index in [0.717, 1.165) is 13.1 Å². The van der Waals surface area contributed by atoms with Crippen LogP contribution in [-0.4, -0.2) is 49.8 Å². The second kappa shape index (κ2) is 5.89.